The molecule has 0 rings (SSSR count). The quantitative estimate of drug-likeness (QED) is 0.536. The van der Waals surface area contributed by atoms with Crippen LogP contribution in [-0.4, -0.2) is 40.0 Å². The van der Waals surface area contributed by atoms with Crippen LogP contribution in [0.2, 0.25) is 0 Å². The fraction of sp³-hybridized carbons (Fsp3) is 1.00. The van der Waals surface area contributed by atoms with Gasteiger partial charge in [0.2, 0.25) is 0 Å². The molecular weight excluding hydrogens is 214 g/mol. The van der Waals surface area contributed by atoms with Gasteiger partial charge in [-0.05, 0) is 31.2 Å². The van der Waals surface area contributed by atoms with Gasteiger partial charge in [-0.1, -0.05) is 27.2 Å². The fourth-order valence-corrected chi connectivity index (χ4v) is 2.04. The molecule has 0 radical (unpaired) electrons. The highest BCUT2D eigenvalue weighted by Gasteiger charge is 2.22. The summed E-state index contributed by atoms with van der Waals surface area (Å²) in [6.07, 6.45) is 4.83. The van der Waals surface area contributed by atoms with E-state index in [0.717, 1.165) is 26.1 Å². The second-order valence-corrected chi connectivity index (χ2v) is 5.09. The smallest absolute Gasteiger partial charge is 0.0700 e. The molecule has 0 aliphatic heterocycles. The van der Waals surface area contributed by atoms with E-state index in [0.29, 0.717) is 18.6 Å². The lowest BCUT2D eigenvalue weighted by molar-refractivity contribution is 0.0518. The Bertz CT molecular complexity index is 164. The van der Waals surface area contributed by atoms with Crippen LogP contribution in [0.15, 0.2) is 0 Å². The van der Waals surface area contributed by atoms with Crippen molar-refractivity contribution in [3.05, 3.63) is 0 Å². The summed E-state index contributed by atoms with van der Waals surface area (Å²) >= 11 is 0. The Morgan fingerprint density at radius 1 is 1.00 bits per heavy atom. The molecule has 0 fully saturated rings. The van der Waals surface area contributed by atoms with E-state index in [2.05, 4.69) is 26.1 Å². The first kappa shape index (κ1) is 16.9. The molecule has 3 heteroatoms. The average molecular weight is 245 g/mol. The standard InChI is InChI=1S/C14H31NO2/c1-5-7-14(3,13-15-9-6-2)8-10-17-12-11-16-4/h15H,5-13H2,1-4H3. The van der Waals surface area contributed by atoms with E-state index in [-0.39, 0.29) is 0 Å². The molecule has 0 aromatic rings. The number of methoxy groups -OCH3 is 1. The van der Waals surface area contributed by atoms with E-state index in [4.69, 9.17) is 9.47 Å². The Labute approximate surface area is 107 Å². The van der Waals surface area contributed by atoms with Crippen molar-refractivity contribution in [1.29, 1.82) is 0 Å². The molecule has 3 nitrogen and oxygen atoms in total. The van der Waals surface area contributed by atoms with Crippen LogP contribution in [0.1, 0.15) is 46.5 Å². The molecule has 0 saturated heterocycles. The Hall–Kier alpha value is -0.120. The third kappa shape index (κ3) is 9.57. The maximum Gasteiger partial charge on any atom is 0.0700 e. The number of hydrogen-bond acceptors (Lipinski definition) is 3. The van der Waals surface area contributed by atoms with Crippen LogP contribution in [0.4, 0.5) is 0 Å². The van der Waals surface area contributed by atoms with E-state index >= 15 is 0 Å². The summed E-state index contributed by atoms with van der Waals surface area (Å²) in [4.78, 5) is 0. The van der Waals surface area contributed by atoms with Crippen LogP contribution < -0.4 is 5.32 Å². The second kappa shape index (κ2) is 11.0. The van der Waals surface area contributed by atoms with Gasteiger partial charge in [0.05, 0.1) is 13.2 Å². The van der Waals surface area contributed by atoms with E-state index in [9.17, 15) is 0 Å². The highest BCUT2D eigenvalue weighted by Crippen LogP contribution is 2.26. The lowest BCUT2D eigenvalue weighted by Gasteiger charge is -2.29. The Morgan fingerprint density at radius 2 is 1.76 bits per heavy atom. The van der Waals surface area contributed by atoms with Gasteiger partial charge in [0.15, 0.2) is 0 Å². The SMILES string of the molecule is CCCNCC(C)(CCC)CCOCCOC. The maximum absolute atomic E-state index is 5.57. The Kier molecular flexibility index (Phi) is 10.9. The fourth-order valence-electron chi connectivity index (χ4n) is 2.04. The van der Waals surface area contributed by atoms with Crippen molar-refractivity contribution in [3.63, 3.8) is 0 Å². The molecule has 0 saturated carbocycles. The van der Waals surface area contributed by atoms with Gasteiger partial charge in [-0.3, -0.25) is 0 Å². The van der Waals surface area contributed by atoms with Crippen molar-refractivity contribution in [2.75, 3.05) is 40.0 Å². The molecule has 0 amide bonds. The number of ether oxygens (including phenoxy) is 2. The molecule has 0 bridgehead atoms. The first-order chi connectivity index (χ1) is 8.18. The van der Waals surface area contributed by atoms with Crippen LogP contribution in [0.25, 0.3) is 0 Å². The van der Waals surface area contributed by atoms with Crippen LogP contribution >= 0.6 is 0 Å². The summed E-state index contributed by atoms with van der Waals surface area (Å²) in [5.74, 6) is 0. The molecule has 0 heterocycles. The highest BCUT2D eigenvalue weighted by atomic mass is 16.5. The normalized spacial score (nSPS) is 14.8. The van der Waals surface area contributed by atoms with Gasteiger partial charge in [0, 0.05) is 20.3 Å². The van der Waals surface area contributed by atoms with Gasteiger partial charge < -0.3 is 14.8 Å². The van der Waals surface area contributed by atoms with Crippen LogP contribution in [0, 0.1) is 5.41 Å². The van der Waals surface area contributed by atoms with Crippen molar-refractivity contribution in [2.24, 2.45) is 5.41 Å². The van der Waals surface area contributed by atoms with Crippen molar-refractivity contribution in [1.82, 2.24) is 5.32 Å². The summed E-state index contributed by atoms with van der Waals surface area (Å²) in [5.41, 5.74) is 0.372. The van der Waals surface area contributed by atoms with Crippen molar-refractivity contribution >= 4 is 0 Å². The lowest BCUT2D eigenvalue weighted by Crippen LogP contribution is -2.33. The minimum atomic E-state index is 0.372. The van der Waals surface area contributed by atoms with E-state index in [1.165, 1.54) is 19.3 Å². The zero-order valence-corrected chi connectivity index (χ0v) is 12.2. The zero-order chi connectivity index (χ0) is 13.0. The van der Waals surface area contributed by atoms with Gasteiger partial charge in [-0.2, -0.15) is 0 Å². The number of nitrogens with one attached hydrogen (secondary N) is 1. The molecule has 1 N–H and O–H groups in total. The van der Waals surface area contributed by atoms with Gasteiger partial charge in [0.25, 0.3) is 0 Å². The predicted octanol–water partition coefficient (Wildman–Crippen LogP) is 2.85. The average Bonchev–Trinajstić information content (AvgIpc) is 2.29. The number of hydrogen-bond donors (Lipinski definition) is 1. The van der Waals surface area contributed by atoms with Gasteiger partial charge in [-0.25, -0.2) is 0 Å². The third-order valence-electron chi connectivity index (χ3n) is 3.11. The Morgan fingerprint density at radius 3 is 2.35 bits per heavy atom. The van der Waals surface area contributed by atoms with Gasteiger partial charge >= 0.3 is 0 Å². The first-order valence-electron chi connectivity index (χ1n) is 6.96. The monoisotopic (exact) mass is 245 g/mol. The molecule has 1 atom stereocenters. The van der Waals surface area contributed by atoms with Crippen LogP contribution in [-0.2, 0) is 9.47 Å². The molecule has 0 aliphatic rings. The molecule has 0 aliphatic carbocycles. The van der Waals surface area contributed by atoms with E-state index < -0.39 is 0 Å². The highest BCUT2D eigenvalue weighted by molar-refractivity contribution is 4.76. The van der Waals surface area contributed by atoms with Gasteiger partial charge in [-0.15, -0.1) is 0 Å². The van der Waals surface area contributed by atoms with E-state index in [1.807, 2.05) is 0 Å². The molecule has 17 heavy (non-hydrogen) atoms. The Balaban J connectivity index is 3.77. The molecule has 1 unspecified atom stereocenters. The van der Waals surface area contributed by atoms with Crippen molar-refractivity contribution in [3.8, 4) is 0 Å². The number of rotatable bonds is 12. The molecule has 0 spiro atoms. The summed E-state index contributed by atoms with van der Waals surface area (Å²) in [7, 11) is 1.71. The molecule has 0 aromatic carbocycles. The van der Waals surface area contributed by atoms with Crippen LogP contribution in [0.5, 0.6) is 0 Å². The largest absolute Gasteiger partial charge is 0.382 e. The van der Waals surface area contributed by atoms with E-state index in [1.54, 1.807) is 7.11 Å². The lowest BCUT2D eigenvalue weighted by atomic mass is 9.82. The minimum Gasteiger partial charge on any atom is -0.382 e. The van der Waals surface area contributed by atoms with Crippen molar-refractivity contribution < 1.29 is 9.47 Å². The third-order valence-corrected chi connectivity index (χ3v) is 3.11. The summed E-state index contributed by atoms with van der Waals surface area (Å²) in [6, 6.07) is 0. The second-order valence-electron chi connectivity index (χ2n) is 5.09. The molecule has 104 valence electrons. The summed E-state index contributed by atoms with van der Waals surface area (Å²) in [6.45, 7) is 11.3. The predicted molar refractivity (Wildman–Crippen MR) is 73.5 cm³/mol. The van der Waals surface area contributed by atoms with Gasteiger partial charge in [0.1, 0.15) is 0 Å². The molecule has 0 aromatic heterocycles. The van der Waals surface area contributed by atoms with Crippen molar-refractivity contribution in [2.45, 2.75) is 46.5 Å². The zero-order valence-electron chi connectivity index (χ0n) is 12.2. The maximum atomic E-state index is 5.57. The first-order valence-corrected chi connectivity index (χ1v) is 6.96. The summed E-state index contributed by atoms with van der Waals surface area (Å²) < 4.78 is 10.5. The minimum absolute atomic E-state index is 0.372. The topological polar surface area (TPSA) is 30.5 Å². The molecular formula is C14H31NO2. The summed E-state index contributed by atoms with van der Waals surface area (Å²) in [5, 5.41) is 3.53. The van der Waals surface area contributed by atoms with Crippen LogP contribution in [0.3, 0.4) is 0 Å².